The predicted octanol–water partition coefficient (Wildman–Crippen LogP) is 2.13. The normalized spacial score (nSPS) is 16.1. The van der Waals surface area contributed by atoms with Crippen LogP contribution in [0.1, 0.15) is 33.6 Å². The number of rotatable bonds is 3. The molecule has 1 saturated heterocycles. The zero-order valence-corrected chi connectivity index (χ0v) is 14.6. The smallest absolute Gasteiger partial charge is 0.323 e. The van der Waals surface area contributed by atoms with Crippen molar-refractivity contribution < 1.29 is 19.1 Å². The van der Waals surface area contributed by atoms with Crippen molar-refractivity contribution in [2.45, 2.75) is 39.2 Å². The van der Waals surface area contributed by atoms with E-state index in [0.29, 0.717) is 36.3 Å². The third kappa shape index (κ3) is 5.05. The van der Waals surface area contributed by atoms with Gasteiger partial charge in [-0.15, -0.1) is 5.10 Å². The molecule has 0 atom stereocenters. The molecule has 2 amide bonds. The first-order valence-electron chi connectivity index (χ1n) is 7.45. The number of amides is 2. The monoisotopic (exact) mass is 342 g/mol. The summed E-state index contributed by atoms with van der Waals surface area (Å²) in [5.74, 6) is -0.341. The van der Waals surface area contributed by atoms with Gasteiger partial charge in [-0.2, -0.15) is 0 Å². The van der Waals surface area contributed by atoms with Gasteiger partial charge in [0.15, 0.2) is 0 Å². The van der Waals surface area contributed by atoms with E-state index in [1.54, 1.807) is 4.90 Å². The lowest BCUT2D eigenvalue weighted by molar-refractivity contribution is -0.161. The maximum absolute atomic E-state index is 12.2. The first-order valence-corrected chi connectivity index (χ1v) is 8.26. The number of anilines is 1. The number of carbonyl (C=O) groups is 2. The van der Waals surface area contributed by atoms with Gasteiger partial charge in [-0.1, -0.05) is 5.10 Å². The lowest BCUT2D eigenvalue weighted by Gasteiger charge is -2.32. The molecule has 9 heteroatoms. The largest absolute Gasteiger partial charge is 0.472 e. The lowest BCUT2D eigenvalue weighted by atomic mass is 9.97. The maximum atomic E-state index is 12.2. The Labute approximate surface area is 139 Å². The van der Waals surface area contributed by atoms with Crippen LogP contribution in [0.15, 0.2) is 0 Å². The average molecular weight is 342 g/mol. The molecule has 8 nitrogen and oxygen atoms in total. The van der Waals surface area contributed by atoms with Crippen LogP contribution in [0.5, 0.6) is 5.19 Å². The molecule has 0 bridgehead atoms. The zero-order valence-electron chi connectivity index (χ0n) is 13.8. The molecule has 128 valence electrons. The molecule has 0 spiro atoms. The van der Waals surface area contributed by atoms with E-state index in [1.165, 1.54) is 7.11 Å². The first-order chi connectivity index (χ1) is 10.8. The summed E-state index contributed by atoms with van der Waals surface area (Å²) in [6.07, 6.45) is 1.20. The standard InChI is InChI=1S/C14H22N4O4S/c1-14(2,3)22-10(19)9-5-7-18(8-6-9)12(20)15-11-16-17-13(21-4)23-11/h9H,5-8H2,1-4H3,(H,15,16,20). The summed E-state index contributed by atoms with van der Waals surface area (Å²) in [6.45, 7) is 6.56. The molecule has 1 aromatic rings. The third-order valence-corrected chi connectivity index (χ3v) is 4.12. The SMILES string of the molecule is COc1nnc(NC(=O)N2CCC(C(=O)OC(C)(C)C)CC2)s1. The van der Waals surface area contributed by atoms with E-state index < -0.39 is 5.60 Å². The molecule has 2 rings (SSSR count). The fourth-order valence-corrected chi connectivity index (χ4v) is 2.77. The quantitative estimate of drug-likeness (QED) is 0.846. The Kier molecular flexibility index (Phi) is 5.40. The molecular weight excluding hydrogens is 320 g/mol. The van der Waals surface area contributed by atoms with Crippen LogP contribution < -0.4 is 10.1 Å². The van der Waals surface area contributed by atoms with Crippen molar-refractivity contribution in [3.05, 3.63) is 0 Å². The summed E-state index contributed by atoms with van der Waals surface area (Å²) in [5, 5.41) is 11.0. The number of hydrogen-bond acceptors (Lipinski definition) is 7. The van der Waals surface area contributed by atoms with Crippen molar-refractivity contribution in [2.75, 3.05) is 25.5 Å². The van der Waals surface area contributed by atoms with Gasteiger partial charge in [0.1, 0.15) is 5.60 Å². The van der Waals surface area contributed by atoms with Gasteiger partial charge in [0.05, 0.1) is 13.0 Å². The first kappa shape index (κ1) is 17.5. The number of esters is 1. The van der Waals surface area contributed by atoms with Crippen molar-refractivity contribution >= 4 is 28.5 Å². The highest BCUT2D eigenvalue weighted by Crippen LogP contribution is 2.24. The van der Waals surface area contributed by atoms with Crippen LogP contribution in [0.2, 0.25) is 0 Å². The Morgan fingerprint density at radius 3 is 2.43 bits per heavy atom. The van der Waals surface area contributed by atoms with Crippen LogP contribution in [0.25, 0.3) is 0 Å². The number of nitrogens with one attached hydrogen (secondary N) is 1. The molecule has 1 aromatic heterocycles. The number of methoxy groups -OCH3 is 1. The zero-order chi connectivity index (χ0) is 17.0. The Hall–Kier alpha value is -1.90. The molecule has 1 fully saturated rings. The fraction of sp³-hybridized carbons (Fsp3) is 0.714. The second-order valence-corrected chi connectivity index (χ2v) is 7.24. The van der Waals surface area contributed by atoms with Gasteiger partial charge in [0.2, 0.25) is 5.13 Å². The van der Waals surface area contributed by atoms with E-state index in [9.17, 15) is 9.59 Å². The van der Waals surface area contributed by atoms with Crippen LogP contribution in [0, 0.1) is 5.92 Å². The minimum Gasteiger partial charge on any atom is -0.472 e. The summed E-state index contributed by atoms with van der Waals surface area (Å²) in [7, 11) is 1.49. The van der Waals surface area contributed by atoms with Crippen LogP contribution >= 0.6 is 11.3 Å². The fourth-order valence-electron chi connectivity index (χ4n) is 2.22. The van der Waals surface area contributed by atoms with Crippen LogP contribution in [-0.2, 0) is 9.53 Å². The predicted molar refractivity (Wildman–Crippen MR) is 85.6 cm³/mol. The van der Waals surface area contributed by atoms with Crippen LogP contribution in [0.3, 0.4) is 0 Å². The number of ether oxygens (including phenoxy) is 2. The molecule has 0 aromatic carbocycles. The third-order valence-electron chi connectivity index (χ3n) is 3.32. The number of nitrogens with zero attached hydrogens (tertiary/aromatic N) is 3. The highest BCUT2D eigenvalue weighted by Gasteiger charge is 2.30. The van der Waals surface area contributed by atoms with E-state index in [-0.39, 0.29) is 17.9 Å². The number of carbonyl (C=O) groups excluding carboxylic acids is 2. The van der Waals surface area contributed by atoms with E-state index in [0.717, 1.165) is 11.3 Å². The van der Waals surface area contributed by atoms with Crippen molar-refractivity contribution in [3.8, 4) is 5.19 Å². The second-order valence-electron chi connectivity index (χ2n) is 6.30. The van der Waals surface area contributed by atoms with Gasteiger partial charge in [0, 0.05) is 13.1 Å². The van der Waals surface area contributed by atoms with Crippen molar-refractivity contribution in [3.63, 3.8) is 0 Å². The average Bonchev–Trinajstić information content (AvgIpc) is 2.93. The lowest BCUT2D eigenvalue weighted by Crippen LogP contribution is -2.43. The molecule has 23 heavy (non-hydrogen) atoms. The van der Waals surface area contributed by atoms with Gasteiger partial charge in [-0.05, 0) is 44.9 Å². The molecule has 2 heterocycles. The van der Waals surface area contributed by atoms with Gasteiger partial charge < -0.3 is 14.4 Å². The van der Waals surface area contributed by atoms with Gasteiger partial charge in [-0.25, -0.2) is 4.79 Å². The van der Waals surface area contributed by atoms with E-state index in [1.807, 2.05) is 20.8 Å². The second kappa shape index (κ2) is 7.12. The molecule has 0 radical (unpaired) electrons. The number of likely N-dealkylation sites (tertiary alicyclic amines) is 1. The molecule has 0 unspecified atom stereocenters. The number of hydrogen-bond donors (Lipinski definition) is 1. The Morgan fingerprint density at radius 2 is 1.91 bits per heavy atom. The van der Waals surface area contributed by atoms with Crippen LogP contribution in [-0.4, -0.2) is 52.9 Å². The van der Waals surface area contributed by atoms with Crippen molar-refractivity contribution in [1.29, 1.82) is 0 Å². The Balaban J connectivity index is 1.81. The van der Waals surface area contributed by atoms with E-state index in [4.69, 9.17) is 9.47 Å². The summed E-state index contributed by atoms with van der Waals surface area (Å²) in [6, 6.07) is -0.244. The number of urea groups is 1. The van der Waals surface area contributed by atoms with E-state index in [2.05, 4.69) is 15.5 Å². The summed E-state index contributed by atoms with van der Waals surface area (Å²) < 4.78 is 10.3. The van der Waals surface area contributed by atoms with Crippen molar-refractivity contribution in [1.82, 2.24) is 15.1 Å². The van der Waals surface area contributed by atoms with Crippen molar-refractivity contribution in [2.24, 2.45) is 5.92 Å². The van der Waals surface area contributed by atoms with Gasteiger partial charge >= 0.3 is 12.0 Å². The minimum absolute atomic E-state index is 0.153. The highest BCUT2D eigenvalue weighted by molar-refractivity contribution is 7.17. The molecule has 1 aliphatic heterocycles. The molecule has 0 aliphatic carbocycles. The summed E-state index contributed by atoms with van der Waals surface area (Å²) in [4.78, 5) is 25.9. The summed E-state index contributed by atoms with van der Waals surface area (Å²) >= 11 is 1.16. The van der Waals surface area contributed by atoms with Crippen LogP contribution in [0.4, 0.5) is 9.93 Å². The molecular formula is C14H22N4O4S. The Bertz CT molecular complexity index is 561. The summed E-state index contributed by atoms with van der Waals surface area (Å²) in [5.41, 5.74) is -0.484. The minimum atomic E-state index is -0.484. The Morgan fingerprint density at radius 1 is 1.26 bits per heavy atom. The van der Waals surface area contributed by atoms with Gasteiger partial charge in [0.25, 0.3) is 5.19 Å². The highest BCUT2D eigenvalue weighted by atomic mass is 32.1. The number of aromatic nitrogens is 2. The molecule has 1 N–H and O–H groups in total. The topological polar surface area (TPSA) is 93.7 Å². The number of piperidine rings is 1. The molecule has 0 saturated carbocycles. The van der Waals surface area contributed by atoms with E-state index >= 15 is 0 Å². The maximum Gasteiger partial charge on any atom is 0.323 e. The molecule has 1 aliphatic rings. The van der Waals surface area contributed by atoms with Gasteiger partial charge in [-0.3, -0.25) is 10.1 Å².